The second-order valence-electron chi connectivity index (χ2n) is 16.8. The highest BCUT2D eigenvalue weighted by molar-refractivity contribution is 5.95. The second-order valence-corrected chi connectivity index (χ2v) is 16.8. The van der Waals surface area contributed by atoms with Crippen LogP contribution in [-0.2, 0) is 33.3 Å². The number of ketones is 1. The fourth-order valence-corrected chi connectivity index (χ4v) is 9.94. The molecule has 1 aliphatic heterocycles. The van der Waals surface area contributed by atoms with Crippen LogP contribution in [-0.4, -0.2) is 104 Å². The summed E-state index contributed by atoms with van der Waals surface area (Å²) in [5, 5.41) is 51.9. The number of Topliss-reactive ketones (excluding diaryl/α,β-unsaturated/α-hetero) is 1. The van der Waals surface area contributed by atoms with Crippen LogP contribution in [0.1, 0.15) is 79.8 Å². The van der Waals surface area contributed by atoms with Gasteiger partial charge in [-0.25, -0.2) is 9.59 Å². The molecular weight excluding hydrogens is 762 g/mol. The quantitative estimate of drug-likeness (QED) is 0.120. The number of nitrogens with one attached hydrogen (secondary N) is 1. The van der Waals surface area contributed by atoms with Crippen LogP contribution in [0, 0.1) is 16.7 Å². The molecule has 11 atom stereocenters. The molecule has 312 valence electrons. The van der Waals surface area contributed by atoms with Crippen molar-refractivity contribution in [2.75, 3.05) is 6.61 Å². The molecule has 14 nitrogen and oxygen atoms in total. The number of esters is 3. The highest BCUT2D eigenvalue weighted by Gasteiger charge is 2.78. The molecule has 14 heteroatoms. The fourth-order valence-electron chi connectivity index (χ4n) is 9.94. The summed E-state index contributed by atoms with van der Waals surface area (Å²) in [7, 11) is 0. The molecule has 3 fully saturated rings. The number of amides is 1. The Balaban J connectivity index is 1.34. The van der Waals surface area contributed by atoms with Crippen molar-refractivity contribution in [1.82, 2.24) is 5.32 Å². The van der Waals surface area contributed by atoms with Gasteiger partial charge in [-0.3, -0.25) is 14.4 Å². The summed E-state index contributed by atoms with van der Waals surface area (Å²) < 4.78 is 24.2. The zero-order valence-corrected chi connectivity index (χ0v) is 33.4. The van der Waals surface area contributed by atoms with Crippen LogP contribution >= 0.6 is 0 Å². The van der Waals surface area contributed by atoms with Gasteiger partial charge < -0.3 is 44.7 Å². The van der Waals surface area contributed by atoms with E-state index < -0.39 is 107 Å². The summed E-state index contributed by atoms with van der Waals surface area (Å²) >= 11 is 0. The summed E-state index contributed by atoms with van der Waals surface area (Å²) in [6.07, 6.45) is -10.5. The Labute approximate surface area is 341 Å². The van der Waals surface area contributed by atoms with Gasteiger partial charge in [-0.15, -0.1) is 0 Å². The smallest absolute Gasteiger partial charge is 0.338 e. The van der Waals surface area contributed by atoms with Gasteiger partial charge in [0.05, 0.1) is 35.6 Å². The van der Waals surface area contributed by atoms with E-state index in [0.717, 1.165) is 6.92 Å². The van der Waals surface area contributed by atoms with Crippen molar-refractivity contribution in [1.29, 1.82) is 0 Å². The largest absolute Gasteiger partial charge is 0.456 e. The number of hydrogen-bond donors (Lipinski definition) is 5. The first-order chi connectivity index (χ1) is 27.9. The molecule has 59 heavy (non-hydrogen) atoms. The molecule has 1 amide bonds. The molecule has 3 aromatic rings. The molecule has 3 aromatic carbocycles. The van der Waals surface area contributed by atoms with Crippen LogP contribution < -0.4 is 5.32 Å². The molecule has 2 saturated carbocycles. The van der Waals surface area contributed by atoms with E-state index in [-0.39, 0.29) is 35.3 Å². The Hall–Kier alpha value is -5.25. The monoisotopic (exact) mass is 811 g/mol. The van der Waals surface area contributed by atoms with Crippen molar-refractivity contribution >= 4 is 29.6 Å². The Bertz CT molecular complexity index is 2160. The molecule has 3 aliphatic carbocycles. The molecule has 0 aromatic heterocycles. The minimum Gasteiger partial charge on any atom is -0.456 e. The lowest BCUT2D eigenvalue weighted by atomic mass is 9.44. The third-order valence-electron chi connectivity index (χ3n) is 13.2. The van der Waals surface area contributed by atoms with Gasteiger partial charge in [-0.1, -0.05) is 80.6 Å². The van der Waals surface area contributed by atoms with Crippen LogP contribution in [0.3, 0.4) is 0 Å². The van der Waals surface area contributed by atoms with Gasteiger partial charge in [0.2, 0.25) is 0 Å². The molecule has 0 radical (unpaired) electrons. The average Bonchev–Trinajstić information content (AvgIpc) is 3.21. The number of aliphatic hydroxyl groups is 4. The molecule has 5 N–H and O–H groups in total. The van der Waals surface area contributed by atoms with E-state index in [4.69, 9.17) is 18.9 Å². The van der Waals surface area contributed by atoms with Gasteiger partial charge in [0.15, 0.2) is 17.5 Å². The van der Waals surface area contributed by atoms with E-state index in [1.165, 1.54) is 26.0 Å². The number of carbonyl (C=O) groups excluding carboxylic acids is 5. The van der Waals surface area contributed by atoms with E-state index in [1.54, 1.807) is 92.7 Å². The molecule has 0 spiro atoms. The van der Waals surface area contributed by atoms with Crippen LogP contribution in [0.5, 0.6) is 0 Å². The van der Waals surface area contributed by atoms with E-state index in [0.29, 0.717) is 5.56 Å². The van der Waals surface area contributed by atoms with Crippen LogP contribution in [0.15, 0.2) is 102 Å². The maximum atomic E-state index is 15.0. The number of benzene rings is 3. The van der Waals surface area contributed by atoms with Crippen molar-refractivity contribution in [3.63, 3.8) is 0 Å². The summed E-state index contributed by atoms with van der Waals surface area (Å²) in [5.41, 5.74) is -6.86. The minimum atomic E-state index is -2.35. The molecule has 4 aliphatic rings. The number of hydrogen-bond acceptors (Lipinski definition) is 13. The number of carbonyl (C=O) groups is 5. The first-order valence-corrected chi connectivity index (χ1v) is 19.6. The summed E-state index contributed by atoms with van der Waals surface area (Å²) in [4.78, 5) is 69.5. The Morgan fingerprint density at radius 2 is 1.44 bits per heavy atom. The van der Waals surface area contributed by atoms with E-state index in [1.807, 2.05) is 0 Å². The first kappa shape index (κ1) is 41.9. The minimum absolute atomic E-state index is 0.0540. The fraction of sp³-hybridized carbons (Fsp3) is 0.444. The predicted octanol–water partition coefficient (Wildman–Crippen LogP) is 3.16. The number of ether oxygens (including phenoxy) is 4. The molecule has 2 bridgehead atoms. The Morgan fingerprint density at radius 3 is 2.00 bits per heavy atom. The van der Waals surface area contributed by atoms with Crippen molar-refractivity contribution in [2.24, 2.45) is 16.7 Å². The lowest BCUT2D eigenvalue weighted by Gasteiger charge is -2.67. The SMILES string of the molecule is CC(=O)O[C@@]12CO[C@@H]1C[C@H](O)[C@@]1(C)C(=O)[C@H](O)C3=C(C)[C@@H](OC(=O)[C@H](O)[C@@H](NC(=O)c4ccccc4)c4ccccc4)C[C@](O)([C@@H](OC(=O)c4ccccc4)[C@H]21)C3(C)C. The van der Waals surface area contributed by atoms with Gasteiger partial charge in [0, 0.05) is 30.7 Å². The molecule has 7 rings (SSSR count). The number of aliphatic hydroxyl groups excluding tert-OH is 3. The van der Waals surface area contributed by atoms with Crippen LogP contribution in [0.2, 0.25) is 0 Å². The summed E-state index contributed by atoms with van der Waals surface area (Å²) in [5.74, 6) is -5.89. The van der Waals surface area contributed by atoms with E-state index in [9.17, 15) is 44.4 Å². The van der Waals surface area contributed by atoms with E-state index >= 15 is 0 Å². The zero-order valence-electron chi connectivity index (χ0n) is 33.4. The van der Waals surface area contributed by atoms with Crippen molar-refractivity contribution in [3.8, 4) is 0 Å². The molecule has 0 unspecified atom stereocenters. The maximum absolute atomic E-state index is 15.0. The second kappa shape index (κ2) is 15.4. The normalized spacial score (nSPS) is 33.0. The highest BCUT2D eigenvalue weighted by atomic mass is 16.6. The third kappa shape index (κ3) is 6.76. The van der Waals surface area contributed by atoms with Gasteiger partial charge in [-0.2, -0.15) is 0 Å². The zero-order chi connectivity index (χ0) is 42.7. The highest BCUT2D eigenvalue weighted by Crippen LogP contribution is 2.64. The van der Waals surface area contributed by atoms with E-state index in [2.05, 4.69) is 5.32 Å². The van der Waals surface area contributed by atoms with Crippen molar-refractivity contribution < 1.29 is 63.3 Å². The van der Waals surface area contributed by atoms with Gasteiger partial charge in [-0.05, 0) is 54.8 Å². The average molecular weight is 812 g/mol. The van der Waals surface area contributed by atoms with Crippen molar-refractivity contribution in [2.45, 2.75) is 101 Å². The van der Waals surface area contributed by atoms with Gasteiger partial charge in [0.1, 0.15) is 30.0 Å². The Morgan fingerprint density at radius 1 is 0.864 bits per heavy atom. The number of fused-ring (bicyclic) bond motifs is 5. The lowest BCUT2D eigenvalue weighted by molar-refractivity contribution is -0.346. The van der Waals surface area contributed by atoms with Crippen LogP contribution in [0.4, 0.5) is 0 Å². The lowest BCUT2D eigenvalue weighted by Crippen LogP contribution is -2.81. The summed E-state index contributed by atoms with van der Waals surface area (Å²) in [6.45, 7) is 6.89. The molecular formula is C45H49NO13. The first-order valence-electron chi connectivity index (χ1n) is 19.6. The predicted molar refractivity (Wildman–Crippen MR) is 208 cm³/mol. The van der Waals surface area contributed by atoms with Gasteiger partial charge >= 0.3 is 17.9 Å². The standard InChI is InChI=1S/C45H49NO13/c1-24-29(57-41(54)35(50)33(26-15-9-6-10-16-26)46-39(52)27-17-11-7-12-18-27)22-45(55)38(58-40(53)28-19-13-8-14-20-28)36-43(5,37(51)34(49)32(24)42(45,3)4)30(48)21-31-44(36,23-56-31)59-25(2)47/h6-20,29-31,33-36,38,48-50,55H,21-23H2,1-5H3,(H,46,52)/t29-,30-,31+,33-,34+,35+,36-,38-,43+,44-,45-/m0/s1. The summed E-state index contributed by atoms with van der Waals surface area (Å²) in [6, 6.07) is 23.1. The van der Waals surface area contributed by atoms with Gasteiger partial charge in [0.25, 0.3) is 5.91 Å². The topological polar surface area (TPSA) is 215 Å². The molecule has 1 saturated heterocycles. The van der Waals surface area contributed by atoms with Crippen LogP contribution in [0.25, 0.3) is 0 Å². The number of rotatable bonds is 9. The maximum Gasteiger partial charge on any atom is 0.338 e. The third-order valence-corrected chi connectivity index (χ3v) is 13.2. The Kier molecular flexibility index (Phi) is 10.9. The van der Waals surface area contributed by atoms with Crippen molar-refractivity contribution in [3.05, 3.63) is 119 Å². The molecule has 1 heterocycles.